The highest BCUT2D eigenvalue weighted by molar-refractivity contribution is 8.01. The molecule has 1 fully saturated rings. The summed E-state index contributed by atoms with van der Waals surface area (Å²) in [6.45, 7) is 2.07. The number of carbonyl (C=O) groups is 3. The summed E-state index contributed by atoms with van der Waals surface area (Å²) in [5.41, 5.74) is 1.05. The van der Waals surface area contributed by atoms with Crippen LogP contribution in [0.4, 0.5) is 0 Å². The first-order chi connectivity index (χ1) is 11.9. The van der Waals surface area contributed by atoms with Crippen molar-refractivity contribution in [2.45, 2.75) is 49.1 Å². The molecule has 136 valence electrons. The van der Waals surface area contributed by atoms with Gasteiger partial charge in [-0.2, -0.15) is 0 Å². The molecule has 0 aliphatic carbocycles. The summed E-state index contributed by atoms with van der Waals surface area (Å²) < 4.78 is 0. The number of nitrogens with zero attached hydrogens (tertiary/aromatic N) is 1. The van der Waals surface area contributed by atoms with Crippen LogP contribution in [0.25, 0.3) is 0 Å². The van der Waals surface area contributed by atoms with Gasteiger partial charge in [0.05, 0.1) is 5.25 Å². The van der Waals surface area contributed by atoms with Gasteiger partial charge in [-0.25, -0.2) is 4.79 Å². The van der Waals surface area contributed by atoms with Gasteiger partial charge in [0, 0.05) is 6.54 Å². The second kappa shape index (κ2) is 8.89. The maximum absolute atomic E-state index is 12.5. The number of aliphatic carboxylic acids is 2. The number of carbonyl (C=O) groups excluding carboxylic acids is 1. The predicted molar refractivity (Wildman–Crippen MR) is 95.6 cm³/mol. The van der Waals surface area contributed by atoms with E-state index in [0.717, 1.165) is 17.3 Å². The van der Waals surface area contributed by atoms with E-state index in [1.54, 1.807) is 6.92 Å². The van der Waals surface area contributed by atoms with Crippen molar-refractivity contribution < 1.29 is 24.6 Å². The average molecular weight is 365 g/mol. The SMILES string of the molecule is C[C@H](SC(CCc1ccccc1)C(=O)O)C(=O)N1CCC[C@H]1C(=O)O. The Morgan fingerprint density at radius 3 is 2.52 bits per heavy atom. The Kier molecular flexibility index (Phi) is 6.87. The normalized spacial score (nSPS) is 19.4. The molecule has 1 aromatic carbocycles. The fourth-order valence-corrected chi connectivity index (χ4v) is 4.13. The number of carboxylic acids is 2. The quantitative estimate of drug-likeness (QED) is 0.734. The van der Waals surface area contributed by atoms with E-state index < -0.39 is 28.5 Å². The van der Waals surface area contributed by atoms with Crippen LogP contribution in [0.5, 0.6) is 0 Å². The lowest BCUT2D eigenvalue weighted by Crippen LogP contribution is -2.44. The molecule has 1 heterocycles. The molecule has 1 aliphatic rings. The number of carboxylic acid groups (broad SMARTS) is 2. The van der Waals surface area contributed by atoms with Gasteiger partial charge in [-0.3, -0.25) is 9.59 Å². The minimum Gasteiger partial charge on any atom is -0.480 e. The zero-order valence-corrected chi connectivity index (χ0v) is 14.9. The zero-order valence-electron chi connectivity index (χ0n) is 14.1. The molecule has 6 nitrogen and oxygen atoms in total. The largest absolute Gasteiger partial charge is 0.480 e. The monoisotopic (exact) mass is 365 g/mol. The first-order valence-electron chi connectivity index (χ1n) is 8.35. The molecule has 1 amide bonds. The number of hydrogen-bond donors (Lipinski definition) is 2. The van der Waals surface area contributed by atoms with Crippen LogP contribution in [0, 0.1) is 0 Å². The highest BCUT2D eigenvalue weighted by Gasteiger charge is 2.37. The third kappa shape index (κ3) is 5.22. The van der Waals surface area contributed by atoms with E-state index in [1.165, 1.54) is 4.90 Å². The molecule has 25 heavy (non-hydrogen) atoms. The Balaban J connectivity index is 1.95. The van der Waals surface area contributed by atoms with Gasteiger partial charge < -0.3 is 15.1 Å². The third-order valence-corrected chi connectivity index (χ3v) is 5.73. The summed E-state index contributed by atoms with van der Waals surface area (Å²) in [5, 5.41) is 17.4. The van der Waals surface area contributed by atoms with Crippen LogP contribution in [0.2, 0.25) is 0 Å². The Bertz CT molecular complexity index is 621. The van der Waals surface area contributed by atoms with Gasteiger partial charge in [-0.15, -0.1) is 11.8 Å². The van der Waals surface area contributed by atoms with Crippen LogP contribution in [-0.2, 0) is 20.8 Å². The van der Waals surface area contributed by atoms with Crippen molar-refractivity contribution in [1.29, 1.82) is 0 Å². The minimum absolute atomic E-state index is 0.291. The fourth-order valence-electron chi connectivity index (χ4n) is 3.02. The van der Waals surface area contributed by atoms with E-state index in [4.69, 9.17) is 0 Å². The first kappa shape index (κ1) is 19.3. The Hall–Kier alpha value is -2.02. The van der Waals surface area contributed by atoms with Gasteiger partial charge in [0.2, 0.25) is 5.91 Å². The molecule has 1 aromatic rings. The lowest BCUT2D eigenvalue weighted by molar-refractivity contribution is -0.147. The summed E-state index contributed by atoms with van der Waals surface area (Å²) in [5.74, 6) is -2.24. The maximum atomic E-state index is 12.5. The van der Waals surface area contributed by atoms with E-state index in [0.29, 0.717) is 32.2 Å². The molecule has 0 radical (unpaired) electrons. The lowest BCUT2D eigenvalue weighted by Gasteiger charge is -2.26. The van der Waals surface area contributed by atoms with Gasteiger partial charge in [-0.1, -0.05) is 30.3 Å². The van der Waals surface area contributed by atoms with Crippen molar-refractivity contribution in [1.82, 2.24) is 4.90 Å². The smallest absolute Gasteiger partial charge is 0.326 e. The van der Waals surface area contributed by atoms with Crippen molar-refractivity contribution in [2.75, 3.05) is 6.54 Å². The molecule has 0 aromatic heterocycles. The minimum atomic E-state index is -0.998. The van der Waals surface area contributed by atoms with Crippen LogP contribution in [0.3, 0.4) is 0 Å². The summed E-state index contributed by atoms with van der Waals surface area (Å²) in [6, 6.07) is 8.82. The highest BCUT2D eigenvalue weighted by Crippen LogP contribution is 2.27. The van der Waals surface area contributed by atoms with Crippen molar-refractivity contribution in [3.8, 4) is 0 Å². The number of rotatable bonds is 8. The second-order valence-electron chi connectivity index (χ2n) is 6.16. The number of hydrogen-bond acceptors (Lipinski definition) is 4. The molecule has 1 aliphatic heterocycles. The number of thioether (sulfide) groups is 1. The van der Waals surface area contributed by atoms with Crippen LogP contribution >= 0.6 is 11.8 Å². The van der Waals surface area contributed by atoms with Gasteiger partial charge in [0.15, 0.2) is 0 Å². The van der Waals surface area contributed by atoms with Crippen molar-refractivity contribution in [3.05, 3.63) is 35.9 Å². The number of amides is 1. The second-order valence-corrected chi connectivity index (χ2v) is 7.71. The van der Waals surface area contributed by atoms with E-state index in [2.05, 4.69) is 0 Å². The predicted octanol–water partition coefficient (Wildman–Crippen LogP) is 2.27. The van der Waals surface area contributed by atoms with Crippen LogP contribution in [0.1, 0.15) is 31.7 Å². The number of benzene rings is 1. The Morgan fingerprint density at radius 1 is 1.24 bits per heavy atom. The van der Waals surface area contributed by atoms with E-state index >= 15 is 0 Å². The average Bonchev–Trinajstić information content (AvgIpc) is 3.08. The molecule has 0 bridgehead atoms. The lowest BCUT2D eigenvalue weighted by atomic mass is 10.1. The topological polar surface area (TPSA) is 94.9 Å². The zero-order chi connectivity index (χ0) is 18.4. The molecule has 7 heteroatoms. The Labute approximate surface area is 151 Å². The molecule has 2 rings (SSSR count). The fraction of sp³-hybridized carbons (Fsp3) is 0.500. The van der Waals surface area contributed by atoms with Crippen LogP contribution < -0.4 is 0 Å². The molecule has 1 saturated heterocycles. The van der Waals surface area contributed by atoms with E-state index in [9.17, 15) is 24.6 Å². The van der Waals surface area contributed by atoms with E-state index in [1.807, 2.05) is 30.3 Å². The van der Waals surface area contributed by atoms with Gasteiger partial charge >= 0.3 is 11.9 Å². The van der Waals surface area contributed by atoms with Crippen LogP contribution in [-0.4, -0.2) is 56.0 Å². The van der Waals surface area contributed by atoms with Crippen LogP contribution in [0.15, 0.2) is 30.3 Å². The molecule has 0 saturated carbocycles. The summed E-state index contributed by atoms with van der Waals surface area (Å²) in [7, 11) is 0. The number of likely N-dealkylation sites (tertiary alicyclic amines) is 1. The first-order valence-corrected chi connectivity index (χ1v) is 9.30. The maximum Gasteiger partial charge on any atom is 0.326 e. The molecular formula is C18H23NO5S. The molecule has 1 unspecified atom stereocenters. The standard InChI is InChI=1S/C18H23NO5S/c1-12(16(20)19-11-5-8-14(19)17(21)22)25-15(18(23)24)10-9-13-6-3-2-4-7-13/h2-4,6-7,12,14-15H,5,8-11H2,1H3,(H,21,22)(H,23,24)/t12-,14-,15?/m0/s1. The number of aryl methyl sites for hydroxylation is 1. The molecule has 3 atom stereocenters. The molecular weight excluding hydrogens is 342 g/mol. The van der Waals surface area contributed by atoms with Gasteiger partial charge in [0.1, 0.15) is 11.3 Å². The highest BCUT2D eigenvalue weighted by atomic mass is 32.2. The Morgan fingerprint density at radius 2 is 1.92 bits per heavy atom. The van der Waals surface area contributed by atoms with Crippen molar-refractivity contribution >= 4 is 29.6 Å². The van der Waals surface area contributed by atoms with Gasteiger partial charge in [0.25, 0.3) is 0 Å². The third-order valence-electron chi connectivity index (χ3n) is 4.35. The van der Waals surface area contributed by atoms with Crippen molar-refractivity contribution in [2.24, 2.45) is 0 Å². The van der Waals surface area contributed by atoms with E-state index in [-0.39, 0.29) is 5.91 Å². The molecule has 0 spiro atoms. The molecule has 2 N–H and O–H groups in total. The summed E-state index contributed by atoms with van der Waals surface area (Å²) >= 11 is 1.10. The summed E-state index contributed by atoms with van der Waals surface area (Å²) in [6.07, 6.45) is 2.16. The van der Waals surface area contributed by atoms with Crippen molar-refractivity contribution in [3.63, 3.8) is 0 Å². The summed E-state index contributed by atoms with van der Waals surface area (Å²) in [4.78, 5) is 36.7. The van der Waals surface area contributed by atoms with Gasteiger partial charge in [-0.05, 0) is 38.2 Å².